The molecule has 1 aliphatic heterocycles. The number of hydrogen-bond donors (Lipinski definition) is 3. The molecule has 1 aliphatic rings. The molecule has 2 aromatic heterocycles. The monoisotopic (exact) mass is 555 g/mol. The lowest BCUT2D eigenvalue weighted by Gasteiger charge is -2.38. The van der Waals surface area contributed by atoms with Gasteiger partial charge in [-0.15, -0.1) is 0 Å². The summed E-state index contributed by atoms with van der Waals surface area (Å²) in [7, 11) is 3.02. The van der Waals surface area contributed by atoms with Crippen molar-refractivity contribution in [2.24, 2.45) is 7.05 Å². The minimum atomic E-state index is -3.12. The number of ether oxygens (including phenoxy) is 1. The molecule has 0 radical (unpaired) electrons. The number of halogens is 2. The van der Waals surface area contributed by atoms with Crippen molar-refractivity contribution < 1.29 is 27.9 Å². The van der Waals surface area contributed by atoms with Gasteiger partial charge in [0.05, 0.1) is 25.7 Å². The van der Waals surface area contributed by atoms with E-state index in [9.17, 15) is 23.2 Å². The summed E-state index contributed by atoms with van der Waals surface area (Å²) in [6, 6.07) is 7.53. The molecular formula is C27H31F2N7O4. The summed E-state index contributed by atoms with van der Waals surface area (Å²) < 4.78 is 34.9. The van der Waals surface area contributed by atoms with Gasteiger partial charge >= 0.3 is 6.03 Å². The zero-order chi connectivity index (χ0) is 29.0. The van der Waals surface area contributed by atoms with Crippen LogP contribution in [0, 0.1) is 13.8 Å². The molecule has 0 spiro atoms. The van der Waals surface area contributed by atoms with Gasteiger partial charge in [-0.25, -0.2) is 18.6 Å². The highest BCUT2D eigenvalue weighted by Gasteiger charge is 2.42. The average Bonchev–Trinajstić information content (AvgIpc) is 3.32. The molecule has 0 aliphatic carbocycles. The van der Waals surface area contributed by atoms with Crippen LogP contribution in [0.25, 0.3) is 0 Å². The SMILES string of the molecule is COC[C@H](c1ccnc(NC(=O)[C@@H](NC(=O)c2ccnn2C)c2cc(C)cc(C)c2)c1)N1CC(F)(F)CNC1=O. The summed E-state index contributed by atoms with van der Waals surface area (Å²) in [6.45, 7) is 2.17. The number of hydrogen-bond acceptors (Lipinski definition) is 6. The number of anilines is 1. The standard InChI is InChI=1S/C27H31F2N7O4/c1-16-9-17(2)11-19(10-16)23(34-24(37)20-6-8-32-35(20)3)25(38)33-22-12-18(5-7-30-22)21(13-40-4)36-15-27(28,29)14-31-26(36)39/h5-12,21,23H,13-15H2,1-4H3,(H,31,39)(H,34,37)(H,30,33,38)/t21-,23+/m1/s1. The van der Waals surface area contributed by atoms with Crippen LogP contribution in [0.1, 0.15) is 44.8 Å². The zero-order valence-corrected chi connectivity index (χ0v) is 22.6. The first-order valence-corrected chi connectivity index (χ1v) is 12.5. The van der Waals surface area contributed by atoms with E-state index in [0.29, 0.717) is 11.1 Å². The molecule has 0 unspecified atom stereocenters. The van der Waals surface area contributed by atoms with Crippen LogP contribution in [0.4, 0.5) is 19.4 Å². The van der Waals surface area contributed by atoms with E-state index in [-0.39, 0.29) is 18.1 Å². The summed E-state index contributed by atoms with van der Waals surface area (Å²) in [5.74, 6) is -4.08. The number of nitrogens with zero attached hydrogens (tertiary/aromatic N) is 4. The minimum Gasteiger partial charge on any atom is -0.382 e. The van der Waals surface area contributed by atoms with E-state index < -0.39 is 48.9 Å². The second-order valence-corrected chi connectivity index (χ2v) is 9.74. The van der Waals surface area contributed by atoms with Gasteiger partial charge in [0, 0.05) is 26.6 Å². The summed E-state index contributed by atoms with van der Waals surface area (Å²) in [5.41, 5.74) is 3.07. The van der Waals surface area contributed by atoms with Crippen LogP contribution in [-0.4, -0.2) is 70.2 Å². The first-order chi connectivity index (χ1) is 19.0. The van der Waals surface area contributed by atoms with E-state index in [1.807, 2.05) is 19.9 Å². The number of methoxy groups -OCH3 is 1. The zero-order valence-electron chi connectivity index (χ0n) is 22.6. The predicted octanol–water partition coefficient (Wildman–Crippen LogP) is 2.89. The molecule has 3 heterocycles. The molecule has 4 amide bonds. The van der Waals surface area contributed by atoms with Gasteiger partial charge in [0.1, 0.15) is 17.6 Å². The third-order valence-corrected chi connectivity index (χ3v) is 6.45. The molecular weight excluding hydrogens is 524 g/mol. The first kappa shape index (κ1) is 28.6. The van der Waals surface area contributed by atoms with Crippen molar-refractivity contribution in [1.29, 1.82) is 0 Å². The van der Waals surface area contributed by atoms with Crippen molar-refractivity contribution >= 4 is 23.7 Å². The lowest BCUT2D eigenvalue weighted by Crippen LogP contribution is -2.58. The molecule has 13 heteroatoms. The van der Waals surface area contributed by atoms with Crippen LogP contribution in [0.2, 0.25) is 0 Å². The maximum absolute atomic E-state index is 14.1. The maximum atomic E-state index is 14.1. The Morgan fingerprint density at radius 3 is 2.50 bits per heavy atom. The lowest BCUT2D eigenvalue weighted by atomic mass is 10.00. The Morgan fingerprint density at radius 1 is 1.12 bits per heavy atom. The Hall–Kier alpha value is -4.39. The fourth-order valence-corrected chi connectivity index (χ4v) is 4.66. The molecule has 3 N–H and O–H groups in total. The van der Waals surface area contributed by atoms with Gasteiger partial charge in [-0.05, 0) is 43.2 Å². The van der Waals surface area contributed by atoms with E-state index in [2.05, 4.69) is 26.0 Å². The molecule has 3 aromatic rings. The number of carbonyl (C=O) groups is 3. The first-order valence-electron chi connectivity index (χ1n) is 12.5. The Labute approximate surface area is 229 Å². The van der Waals surface area contributed by atoms with Crippen molar-refractivity contribution in [1.82, 2.24) is 30.3 Å². The minimum absolute atomic E-state index is 0.0626. The lowest BCUT2D eigenvalue weighted by molar-refractivity contribution is -0.118. The van der Waals surface area contributed by atoms with Crippen molar-refractivity contribution in [2.75, 3.05) is 32.1 Å². The van der Waals surface area contributed by atoms with E-state index >= 15 is 0 Å². The van der Waals surface area contributed by atoms with Gasteiger partial charge in [0.25, 0.3) is 17.7 Å². The van der Waals surface area contributed by atoms with E-state index in [1.165, 1.54) is 36.3 Å². The van der Waals surface area contributed by atoms with Gasteiger partial charge in [-0.1, -0.05) is 29.3 Å². The number of benzene rings is 1. The summed E-state index contributed by atoms with van der Waals surface area (Å²) >= 11 is 0. The number of rotatable bonds is 9. The highest BCUT2D eigenvalue weighted by molar-refractivity contribution is 6.00. The largest absolute Gasteiger partial charge is 0.382 e. The molecule has 4 rings (SSSR count). The molecule has 0 bridgehead atoms. The van der Waals surface area contributed by atoms with Gasteiger partial charge < -0.3 is 25.6 Å². The quantitative estimate of drug-likeness (QED) is 0.372. The number of aryl methyl sites for hydroxylation is 3. The average molecular weight is 556 g/mol. The molecule has 1 saturated heterocycles. The van der Waals surface area contributed by atoms with Crippen LogP contribution in [0.15, 0.2) is 48.8 Å². The number of aromatic nitrogens is 3. The molecule has 2 atom stereocenters. The third kappa shape index (κ3) is 6.60. The van der Waals surface area contributed by atoms with Gasteiger partial charge in [-0.2, -0.15) is 5.10 Å². The fourth-order valence-electron chi connectivity index (χ4n) is 4.66. The Morgan fingerprint density at radius 2 is 1.85 bits per heavy atom. The molecule has 0 saturated carbocycles. The number of pyridine rings is 1. The second kappa shape index (κ2) is 11.8. The van der Waals surface area contributed by atoms with Crippen LogP contribution in [-0.2, 0) is 16.6 Å². The number of nitrogens with one attached hydrogen (secondary N) is 3. The maximum Gasteiger partial charge on any atom is 0.318 e. The van der Waals surface area contributed by atoms with Gasteiger partial charge in [0.2, 0.25) is 0 Å². The van der Waals surface area contributed by atoms with Gasteiger partial charge in [0.15, 0.2) is 0 Å². The van der Waals surface area contributed by atoms with Crippen molar-refractivity contribution in [3.8, 4) is 0 Å². The van der Waals surface area contributed by atoms with Crippen LogP contribution in [0.5, 0.6) is 0 Å². The summed E-state index contributed by atoms with van der Waals surface area (Å²) in [5, 5.41) is 11.7. The third-order valence-electron chi connectivity index (χ3n) is 6.45. The van der Waals surface area contributed by atoms with Crippen LogP contribution >= 0.6 is 0 Å². The molecule has 40 heavy (non-hydrogen) atoms. The number of carbonyl (C=O) groups excluding carboxylic acids is 3. The van der Waals surface area contributed by atoms with Crippen LogP contribution in [0.3, 0.4) is 0 Å². The highest BCUT2D eigenvalue weighted by Crippen LogP contribution is 2.29. The molecule has 1 fully saturated rings. The second-order valence-electron chi connectivity index (χ2n) is 9.74. The highest BCUT2D eigenvalue weighted by atomic mass is 19.3. The van der Waals surface area contributed by atoms with Crippen LogP contribution < -0.4 is 16.0 Å². The summed E-state index contributed by atoms with van der Waals surface area (Å²) in [4.78, 5) is 44.3. The number of amides is 4. The molecule has 1 aromatic carbocycles. The summed E-state index contributed by atoms with van der Waals surface area (Å²) in [6.07, 6.45) is 2.87. The number of alkyl halides is 2. The molecule has 11 nitrogen and oxygen atoms in total. The Kier molecular flexibility index (Phi) is 8.43. The Balaban J connectivity index is 1.62. The van der Waals surface area contributed by atoms with Gasteiger partial charge in [-0.3, -0.25) is 14.3 Å². The van der Waals surface area contributed by atoms with E-state index in [0.717, 1.165) is 16.0 Å². The molecule has 212 valence electrons. The predicted molar refractivity (Wildman–Crippen MR) is 142 cm³/mol. The fraction of sp³-hybridized carbons (Fsp3) is 0.370. The van der Waals surface area contributed by atoms with E-state index in [4.69, 9.17) is 4.74 Å². The van der Waals surface area contributed by atoms with E-state index in [1.54, 1.807) is 25.2 Å². The normalized spacial score (nSPS) is 16.1. The number of urea groups is 1. The van der Waals surface area contributed by atoms with Crippen molar-refractivity contribution in [3.63, 3.8) is 0 Å². The van der Waals surface area contributed by atoms with Crippen molar-refractivity contribution in [3.05, 3.63) is 76.7 Å². The smallest absolute Gasteiger partial charge is 0.318 e. The van der Waals surface area contributed by atoms with Crippen molar-refractivity contribution in [2.45, 2.75) is 31.9 Å². The topological polar surface area (TPSA) is 130 Å². The Bertz CT molecular complexity index is 1390.